The van der Waals surface area contributed by atoms with Gasteiger partial charge in [-0.05, 0) is 30.3 Å². The van der Waals surface area contributed by atoms with E-state index in [4.69, 9.17) is 4.42 Å². The van der Waals surface area contributed by atoms with Crippen molar-refractivity contribution in [3.8, 4) is 11.3 Å². The molecule has 8 heteroatoms. The average molecular weight is 465 g/mol. The molecule has 0 aliphatic carbocycles. The van der Waals surface area contributed by atoms with Gasteiger partial charge in [-0.15, -0.1) is 11.3 Å². The minimum absolute atomic E-state index is 0.417. The minimum atomic E-state index is -0.418. The molecule has 29 heavy (non-hydrogen) atoms. The SMILES string of the molecule is O=c1oc2ccc(Br)cc2cc1-c1csc(N/N=C/c2c[nH]c3ccccc23)n1. The molecule has 0 radical (unpaired) electrons. The highest BCUT2D eigenvalue weighted by Crippen LogP contribution is 2.26. The normalized spacial score (nSPS) is 11.6. The number of aromatic amines is 1. The van der Waals surface area contributed by atoms with Crippen molar-refractivity contribution in [1.29, 1.82) is 0 Å². The lowest BCUT2D eigenvalue weighted by Gasteiger charge is -2.00. The molecule has 0 fully saturated rings. The van der Waals surface area contributed by atoms with Gasteiger partial charge in [0.15, 0.2) is 0 Å². The smallest absolute Gasteiger partial charge is 0.345 e. The van der Waals surface area contributed by atoms with Crippen molar-refractivity contribution in [2.45, 2.75) is 0 Å². The number of rotatable bonds is 4. The lowest BCUT2D eigenvalue weighted by Crippen LogP contribution is -2.03. The first-order valence-corrected chi connectivity index (χ1v) is 10.4. The number of nitrogens with one attached hydrogen (secondary N) is 2. The molecule has 3 aromatic heterocycles. The van der Waals surface area contributed by atoms with Gasteiger partial charge < -0.3 is 9.40 Å². The Morgan fingerprint density at radius 3 is 3.03 bits per heavy atom. The molecule has 6 nitrogen and oxygen atoms in total. The van der Waals surface area contributed by atoms with Gasteiger partial charge in [-0.1, -0.05) is 34.1 Å². The van der Waals surface area contributed by atoms with Crippen LogP contribution in [0.3, 0.4) is 0 Å². The summed E-state index contributed by atoms with van der Waals surface area (Å²) >= 11 is 4.80. The summed E-state index contributed by atoms with van der Waals surface area (Å²) in [7, 11) is 0. The van der Waals surface area contributed by atoms with Crippen LogP contribution in [0.1, 0.15) is 5.56 Å². The van der Waals surface area contributed by atoms with Crippen LogP contribution in [0.4, 0.5) is 5.13 Å². The van der Waals surface area contributed by atoms with Crippen molar-refractivity contribution < 1.29 is 4.42 Å². The van der Waals surface area contributed by atoms with E-state index >= 15 is 0 Å². The number of aromatic nitrogens is 2. The molecule has 142 valence electrons. The lowest BCUT2D eigenvalue weighted by atomic mass is 10.1. The number of benzene rings is 2. The maximum absolute atomic E-state index is 12.4. The lowest BCUT2D eigenvalue weighted by molar-refractivity contribution is 0.563. The van der Waals surface area contributed by atoms with Crippen molar-refractivity contribution >= 4 is 60.5 Å². The molecule has 3 heterocycles. The summed E-state index contributed by atoms with van der Waals surface area (Å²) in [6.45, 7) is 0. The number of para-hydroxylation sites is 1. The number of H-pyrrole nitrogens is 1. The number of hydrogen-bond acceptors (Lipinski definition) is 6. The number of halogens is 1. The first-order chi connectivity index (χ1) is 14.2. The Bertz CT molecular complexity index is 1430. The summed E-state index contributed by atoms with van der Waals surface area (Å²) in [5.41, 5.74) is 6.05. The Kier molecular flexibility index (Phi) is 4.49. The quantitative estimate of drug-likeness (QED) is 0.206. The predicted octanol–water partition coefficient (Wildman–Crippen LogP) is 5.61. The van der Waals surface area contributed by atoms with Gasteiger partial charge in [0.2, 0.25) is 5.13 Å². The number of anilines is 1. The number of nitrogens with zero attached hydrogens (tertiary/aromatic N) is 2. The molecular weight excluding hydrogens is 452 g/mol. The molecule has 2 aromatic carbocycles. The molecule has 0 aliphatic rings. The molecule has 0 spiro atoms. The van der Waals surface area contributed by atoms with Crippen LogP contribution in [0, 0.1) is 0 Å². The number of fused-ring (bicyclic) bond motifs is 2. The van der Waals surface area contributed by atoms with E-state index in [0.29, 0.717) is 22.0 Å². The number of thiazole rings is 1. The van der Waals surface area contributed by atoms with Gasteiger partial charge in [-0.25, -0.2) is 9.78 Å². The summed E-state index contributed by atoms with van der Waals surface area (Å²) in [5, 5.41) is 8.59. The van der Waals surface area contributed by atoms with E-state index in [0.717, 1.165) is 26.3 Å². The van der Waals surface area contributed by atoms with Crippen molar-refractivity contribution in [2.24, 2.45) is 5.10 Å². The monoisotopic (exact) mass is 464 g/mol. The second kappa shape index (κ2) is 7.31. The maximum atomic E-state index is 12.4. The van der Waals surface area contributed by atoms with Crippen LogP contribution in [-0.4, -0.2) is 16.2 Å². The Labute approximate surface area is 177 Å². The van der Waals surface area contributed by atoms with E-state index in [9.17, 15) is 4.79 Å². The topological polar surface area (TPSA) is 83.3 Å². The first kappa shape index (κ1) is 17.8. The van der Waals surface area contributed by atoms with Crippen LogP contribution in [0.2, 0.25) is 0 Å². The Hall–Kier alpha value is -3.23. The van der Waals surface area contributed by atoms with Gasteiger partial charge in [-0.2, -0.15) is 5.10 Å². The van der Waals surface area contributed by atoms with Crippen LogP contribution in [0.5, 0.6) is 0 Å². The third-order valence-corrected chi connectivity index (χ3v) is 5.70. The van der Waals surface area contributed by atoms with E-state index in [1.165, 1.54) is 11.3 Å². The molecule has 0 saturated carbocycles. The Balaban J connectivity index is 1.40. The van der Waals surface area contributed by atoms with E-state index in [2.05, 4.69) is 36.4 Å². The van der Waals surface area contributed by atoms with Gasteiger partial charge in [0, 0.05) is 37.9 Å². The summed E-state index contributed by atoms with van der Waals surface area (Å²) in [6, 6.07) is 15.3. The number of hydrogen-bond donors (Lipinski definition) is 2. The van der Waals surface area contributed by atoms with E-state index in [1.807, 2.05) is 42.6 Å². The van der Waals surface area contributed by atoms with E-state index in [-0.39, 0.29) is 0 Å². The van der Waals surface area contributed by atoms with Crippen LogP contribution < -0.4 is 11.1 Å². The van der Waals surface area contributed by atoms with Crippen molar-refractivity contribution in [3.05, 3.63) is 80.6 Å². The Morgan fingerprint density at radius 1 is 1.21 bits per heavy atom. The second-order valence-corrected chi connectivity index (χ2v) is 8.10. The van der Waals surface area contributed by atoms with E-state index < -0.39 is 5.63 Å². The first-order valence-electron chi connectivity index (χ1n) is 8.72. The minimum Gasteiger partial charge on any atom is -0.422 e. The predicted molar refractivity (Wildman–Crippen MR) is 121 cm³/mol. The zero-order valence-corrected chi connectivity index (χ0v) is 17.3. The highest BCUT2D eigenvalue weighted by atomic mass is 79.9. The zero-order chi connectivity index (χ0) is 19.8. The molecule has 0 atom stereocenters. The van der Waals surface area contributed by atoms with Gasteiger partial charge in [0.25, 0.3) is 0 Å². The van der Waals surface area contributed by atoms with Crippen LogP contribution in [0.15, 0.2) is 78.9 Å². The third-order valence-electron chi connectivity index (χ3n) is 4.46. The molecule has 0 unspecified atom stereocenters. The van der Waals surface area contributed by atoms with Crippen molar-refractivity contribution in [1.82, 2.24) is 9.97 Å². The van der Waals surface area contributed by atoms with Gasteiger partial charge in [0.05, 0.1) is 17.5 Å². The van der Waals surface area contributed by atoms with Gasteiger partial charge in [-0.3, -0.25) is 5.43 Å². The van der Waals surface area contributed by atoms with E-state index in [1.54, 1.807) is 23.7 Å². The number of hydrazone groups is 1. The van der Waals surface area contributed by atoms with Crippen LogP contribution >= 0.6 is 27.3 Å². The summed E-state index contributed by atoms with van der Waals surface area (Å²) in [4.78, 5) is 20.0. The maximum Gasteiger partial charge on any atom is 0.345 e. The molecule has 0 saturated heterocycles. The highest BCUT2D eigenvalue weighted by Gasteiger charge is 2.12. The average Bonchev–Trinajstić information content (AvgIpc) is 3.35. The van der Waals surface area contributed by atoms with Crippen molar-refractivity contribution in [3.63, 3.8) is 0 Å². The molecule has 0 bridgehead atoms. The fourth-order valence-electron chi connectivity index (χ4n) is 3.08. The van der Waals surface area contributed by atoms with Gasteiger partial charge >= 0.3 is 5.63 Å². The van der Waals surface area contributed by atoms with Gasteiger partial charge in [0.1, 0.15) is 5.58 Å². The zero-order valence-electron chi connectivity index (χ0n) is 14.8. The Morgan fingerprint density at radius 2 is 2.10 bits per heavy atom. The highest BCUT2D eigenvalue weighted by molar-refractivity contribution is 9.10. The van der Waals surface area contributed by atoms with Crippen molar-refractivity contribution in [2.75, 3.05) is 5.43 Å². The summed E-state index contributed by atoms with van der Waals surface area (Å²) in [5.74, 6) is 0. The summed E-state index contributed by atoms with van der Waals surface area (Å²) in [6.07, 6.45) is 3.64. The molecule has 2 N–H and O–H groups in total. The largest absolute Gasteiger partial charge is 0.422 e. The molecule has 0 amide bonds. The van der Waals surface area contributed by atoms with Crippen LogP contribution in [0.25, 0.3) is 33.1 Å². The molecular formula is C21H13BrN4O2S. The van der Waals surface area contributed by atoms with Crippen LogP contribution in [-0.2, 0) is 0 Å². The summed E-state index contributed by atoms with van der Waals surface area (Å²) < 4.78 is 6.33. The molecule has 0 aliphatic heterocycles. The second-order valence-electron chi connectivity index (χ2n) is 6.33. The standard InChI is InChI=1S/C21H13BrN4O2S/c22-14-5-6-19-12(7-14)8-16(20(27)28-19)18-11-29-21(25-18)26-24-10-13-9-23-17-4-2-1-3-15(13)17/h1-11,23H,(H,25,26)/b24-10+. The molecule has 5 rings (SSSR count). The fourth-order valence-corrected chi connectivity index (χ4v) is 4.12. The third kappa shape index (κ3) is 3.48. The fraction of sp³-hybridized carbons (Fsp3) is 0. The molecule has 5 aromatic rings.